The maximum Gasteiger partial charge on any atom is 0.138 e. The average molecular weight is 214 g/mol. The van der Waals surface area contributed by atoms with Crippen LogP contribution in [0, 0.1) is 6.92 Å². The molecule has 1 aromatic heterocycles. The highest BCUT2D eigenvalue weighted by Gasteiger charge is 2.10. The zero-order chi connectivity index (χ0) is 11.0. The third kappa shape index (κ3) is 1.46. The summed E-state index contributed by atoms with van der Waals surface area (Å²) in [5.41, 5.74) is 3.73. The van der Waals surface area contributed by atoms with Crippen LogP contribution in [0.25, 0.3) is 5.69 Å². The van der Waals surface area contributed by atoms with Crippen molar-refractivity contribution in [2.24, 2.45) is 0 Å². The van der Waals surface area contributed by atoms with E-state index in [0.717, 1.165) is 24.5 Å². The number of fused-ring (bicyclic) bond motifs is 1. The molecule has 82 valence electrons. The molecule has 0 radical (unpaired) electrons. The van der Waals surface area contributed by atoms with Crippen LogP contribution in [-0.2, 0) is 6.42 Å². The van der Waals surface area contributed by atoms with E-state index in [1.165, 1.54) is 17.7 Å². The molecule has 1 aliphatic rings. The molecule has 0 fully saturated rings. The Hall–Kier alpha value is -1.84. The van der Waals surface area contributed by atoms with Crippen LogP contribution in [0.15, 0.2) is 24.5 Å². The number of hydrogen-bond donors (Lipinski definition) is 1. The lowest BCUT2D eigenvalue weighted by Gasteiger charge is -2.18. The molecule has 3 rings (SSSR count). The summed E-state index contributed by atoms with van der Waals surface area (Å²) in [6, 6.07) is 6.41. The average Bonchev–Trinajstić information content (AvgIpc) is 2.75. The third-order valence-electron chi connectivity index (χ3n) is 2.99. The Labute approximate surface area is 94.3 Å². The van der Waals surface area contributed by atoms with Crippen molar-refractivity contribution in [3.63, 3.8) is 0 Å². The molecule has 0 saturated heterocycles. The SMILES string of the molecule is Cc1ncnn1-c1ccc2c(c1)CCCN2. The molecule has 2 heterocycles. The zero-order valence-corrected chi connectivity index (χ0v) is 9.27. The lowest BCUT2D eigenvalue weighted by molar-refractivity contribution is 0.811. The fourth-order valence-electron chi connectivity index (χ4n) is 2.15. The van der Waals surface area contributed by atoms with E-state index < -0.39 is 0 Å². The highest BCUT2D eigenvalue weighted by Crippen LogP contribution is 2.24. The second kappa shape index (κ2) is 3.63. The summed E-state index contributed by atoms with van der Waals surface area (Å²) in [7, 11) is 0. The number of aromatic nitrogens is 3. The fraction of sp³-hybridized carbons (Fsp3) is 0.333. The van der Waals surface area contributed by atoms with Crippen molar-refractivity contribution >= 4 is 5.69 Å². The Bertz CT molecular complexity index is 515. The lowest BCUT2D eigenvalue weighted by atomic mass is 10.0. The van der Waals surface area contributed by atoms with Crippen LogP contribution in [0.4, 0.5) is 5.69 Å². The van der Waals surface area contributed by atoms with Gasteiger partial charge in [-0.25, -0.2) is 9.67 Å². The van der Waals surface area contributed by atoms with Gasteiger partial charge in [0.15, 0.2) is 0 Å². The minimum atomic E-state index is 0.920. The highest BCUT2D eigenvalue weighted by molar-refractivity contribution is 5.57. The summed E-state index contributed by atoms with van der Waals surface area (Å²) in [4.78, 5) is 4.14. The number of nitrogens with one attached hydrogen (secondary N) is 1. The molecule has 0 aliphatic carbocycles. The second-order valence-electron chi connectivity index (χ2n) is 4.09. The van der Waals surface area contributed by atoms with Crippen molar-refractivity contribution in [1.29, 1.82) is 0 Å². The molecule has 1 N–H and O–H groups in total. The van der Waals surface area contributed by atoms with Crippen LogP contribution in [0.1, 0.15) is 17.8 Å². The van der Waals surface area contributed by atoms with Gasteiger partial charge in [-0.05, 0) is 43.5 Å². The van der Waals surface area contributed by atoms with Crippen molar-refractivity contribution in [2.75, 3.05) is 11.9 Å². The van der Waals surface area contributed by atoms with Crippen LogP contribution in [0.3, 0.4) is 0 Å². The Kier molecular flexibility index (Phi) is 2.13. The lowest BCUT2D eigenvalue weighted by Crippen LogP contribution is -2.12. The summed E-state index contributed by atoms with van der Waals surface area (Å²) in [5.74, 6) is 0.920. The van der Waals surface area contributed by atoms with Crippen LogP contribution in [0.5, 0.6) is 0 Å². The van der Waals surface area contributed by atoms with Crippen molar-refractivity contribution in [1.82, 2.24) is 14.8 Å². The molecule has 0 saturated carbocycles. The first kappa shape index (κ1) is 9.39. The molecule has 0 atom stereocenters. The van der Waals surface area contributed by atoms with Gasteiger partial charge in [0.1, 0.15) is 12.2 Å². The van der Waals surface area contributed by atoms with Gasteiger partial charge in [0, 0.05) is 12.2 Å². The van der Waals surface area contributed by atoms with E-state index in [0.29, 0.717) is 0 Å². The summed E-state index contributed by atoms with van der Waals surface area (Å²) < 4.78 is 1.87. The van der Waals surface area contributed by atoms with E-state index in [-0.39, 0.29) is 0 Å². The van der Waals surface area contributed by atoms with Crippen molar-refractivity contribution < 1.29 is 0 Å². The smallest absolute Gasteiger partial charge is 0.138 e. The largest absolute Gasteiger partial charge is 0.385 e. The molecule has 0 bridgehead atoms. The maximum absolute atomic E-state index is 4.22. The van der Waals surface area contributed by atoms with Gasteiger partial charge in [0.05, 0.1) is 5.69 Å². The van der Waals surface area contributed by atoms with E-state index in [4.69, 9.17) is 0 Å². The molecule has 0 unspecified atom stereocenters. The molecule has 2 aromatic rings. The van der Waals surface area contributed by atoms with E-state index in [2.05, 4.69) is 33.6 Å². The topological polar surface area (TPSA) is 42.7 Å². The van der Waals surface area contributed by atoms with Crippen LogP contribution < -0.4 is 5.32 Å². The molecule has 4 nitrogen and oxygen atoms in total. The number of aryl methyl sites for hydroxylation is 2. The fourth-order valence-corrected chi connectivity index (χ4v) is 2.15. The van der Waals surface area contributed by atoms with Gasteiger partial charge in [-0.2, -0.15) is 5.10 Å². The Morgan fingerprint density at radius 2 is 2.31 bits per heavy atom. The number of rotatable bonds is 1. The number of hydrogen-bond acceptors (Lipinski definition) is 3. The van der Waals surface area contributed by atoms with Crippen LogP contribution in [0.2, 0.25) is 0 Å². The monoisotopic (exact) mass is 214 g/mol. The van der Waals surface area contributed by atoms with Gasteiger partial charge in [-0.15, -0.1) is 0 Å². The molecule has 0 spiro atoms. The van der Waals surface area contributed by atoms with Gasteiger partial charge in [-0.3, -0.25) is 0 Å². The summed E-state index contributed by atoms with van der Waals surface area (Å²) in [6.07, 6.45) is 3.93. The molecule has 4 heteroatoms. The second-order valence-corrected chi connectivity index (χ2v) is 4.09. The molecular weight excluding hydrogens is 200 g/mol. The van der Waals surface area contributed by atoms with Gasteiger partial charge in [0.2, 0.25) is 0 Å². The summed E-state index contributed by atoms with van der Waals surface area (Å²) in [5, 5.41) is 7.62. The van der Waals surface area contributed by atoms with E-state index in [1.54, 1.807) is 6.33 Å². The zero-order valence-electron chi connectivity index (χ0n) is 9.27. The molecule has 1 aromatic carbocycles. The number of nitrogens with zero attached hydrogens (tertiary/aromatic N) is 3. The highest BCUT2D eigenvalue weighted by atomic mass is 15.3. The maximum atomic E-state index is 4.22. The van der Waals surface area contributed by atoms with Crippen molar-refractivity contribution in [3.8, 4) is 5.69 Å². The minimum absolute atomic E-state index is 0.920. The van der Waals surface area contributed by atoms with Crippen molar-refractivity contribution in [3.05, 3.63) is 35.9 Å². The normalized spacial score (nSPS) is 14.3. The standard InChI is InChI=1S/C12H14N4/c1-9-14-8-15-16(9)11-4-5-12-10(7-11)3-2-6-13-12/h4-5,7-8,13H,2-3,6H2,1H3. The van der Waals surface area contributed by atoms with Gasteiger partial charge in [-0.1, -0.05) is 0 Å². The third-order valence-corrected chi connectivity index (χ3v) is 2.99. The van der Waals surface area contributed by atoms with Gasteiger partial charge in [0.25, 0.3) is 0 Å². The molecule has 16 heavy (non-hydrogen) atoms. The summed E-state index contributed by atoms with van der Waals surface area (Å²) >= 11 is 0. The van der Waals surface area contributed by atoms with Crippen LogP contribution >= 0.6 is 0 Å². The van der Waals surface area contributed by atoms with Crippen molar-refractivity contribution in [2.45, 2.75) is 19.8 Å². The van der Waals surface area contributed by atoms with E-state index in [1.807, 2.05) is 11.6 Å². The summed E-state index contributed by atoms with van der Waals surface area (Å²) in [6.45, 7) is 3.04. The number of anilines is 1. The number of benzene rings is 1. The Balaban J connectivity index is 2.06. The first-order valence-electron chi connectivity index (χ1n) is 5.58. The molecular formula is C12H14N4. The van der Waals surface area contributed by atoms with E-state index >= 15 is 0 Å². The van der Waals surface area contributed by atoms with Gasteiger partial charge >= 0.3 is 0 Å². The van der Waals surface area contributed by atoms with Gasteiger partial charge < -0.3 is 5.32 Å². The molecule has 1 aliphatic heterocycles. The first-order valence-corrected chi connectivity index (χ1v) is 5.58. The Morgan fingerprint density at radius 3 is 3.12 bits per heavy atom. The van der Waals surface area contributed by atoms with Crippen LogP contribution in [-0.4, -0.2) is 21.3 Å². The quantitative estimate of drug-likeness (QED) is 0.788. The first-order chi connectivity index (χ1) is 7.84. The Morgan fingerprint density at radius 1 is 1.38 bits per heavy atom. The molecule has 0 amide bonds. The van der Waals surface area contributed by atoms with E-state index in [9.17, 15) is 0 Å². The predicted octanol–water partition coefficient (Wildman–Crippen LogP) is 1.93. The minimum Gasteiger partial charge on any atom is -0.385 e. The predicted molar refractivity (Wildman–Crippen MR) is 62.9 cm³/mol.